The normalized spacial score (nSPS) is 10.6. The van der Waals surface area contributed by atoms with Gasteiger partial charge in [-0.3, -0.25) is 9.59 Å². The molecule has 2 N–H and O–H groups in total. The van der Waals surface area contributed by atoms with Crippen LogP contribution in [0.15, 0.2) is 77.3 Å². The summed E-state index contributed by atoms with van der Waals surface area (Å²) < 4.78 is 5.29. The molecule has 1 aromatic heterocycles. The molecule has 4 rings (SSSR count). The Labute approximate surface area is 190 Å². The Morgan fingerprint density at radius 3 is 2.06 bits per heavy atom. The lowest BCUT2D eigenvalue weighted by atomic mass is 10.1. The van der Waals surface area contributed by atoms with Crippen LogP contribution in [-0.2, 0) is 0 Å². The molecule has 0 aliphatic rings. The SMILES string of the molecule is Cc1ccc(C(=O)Nc2ccccc2NC(=O)c2c(-c3ccccc3Cl)noc2C)cc1. The zero-order valence-corrected chi connectivity index (χ0v) is 18.2. The highest BCUT2D eigenvalue weighted by atomic mass is 35.5. The van der Waals surface area contributed by atoms with Crippen molar-refractivity contribution >= 4 is 34.8 Å². The molecule has 0 aliphatic heterocycles. The van der Waals surface area contributed by atoms with Crippen molar-refractivity contribution in [3.8, 4) is 11.3 Å². The van der Waals surface area contributed by atoms with Crippen LogP contribution >= 0.6 is 11.6 Å². The second-order valence-corrected chi connectivity index (χ2v) is 7.67. The molecule has 1 heterocycles. The van der Waals surface area contributed by atoms with Crippen LogP contribution in [-0.4, -0.2) is 17.0 Å². The monoisotopic (exact) mass is 445 g/mol. The number of anilines is 2. The zero-order chi connectivity index (χ0) is 22.7. The number of nitrogens with zero attached hydrogens (tertiary/aromatic N) is 1. The number of rotatable bonds is 5. The number of aromatic nitrogens is 1. The maximum Gasteiger partial charge on any atom is 0.261 e. The van der Waals surface area contributed by atoms with Gasteiger partial charge in [-0.15, -0.1) is 0 Å². The molecular weight excluding hydrogens is 426 g/mol. The number of halogens is 1. The predicted molar refractivity (Wildman–Crippen MR) is 125 cm³/mol. The van der Waals surface area contributed by atoms with Gasteiger partial charge in [0.05, 0.1) is 16.4 Å². The number of benzene rings is 3. The molecule has 160 valence electrons. The van der Waals surface area contributed by atoms with E-state index in [4.69, 9.17) is 16.1 Å². The van der Waals surface area contributed by atoms with Crippen LogP contribution in [0, 0.1) is 13.8 Å². The van der Waals surface area contributed by atoms with E-state index in [0.717, 1.165) is 5.56 Å². The summed E-state index contributed by atoms with van der Waals surface area (Å²) >= 11 is 6.29. The van der Waals surface area contributed by atoms with Crippen LogP contribution in [0.4, 0.5) is 11.4 Å². The van der Waals surface area contributed by atoms with E-state index in [2.05, 4.69) is 15.8 Å². The summed E-state index contributed by atoms with van der Waals surface area (Å²) in [6.07, 6.45) is 0. The second kappa shape index (κ2) is 9.08. The number of para-hydroxylation sites is 2. The van der Waals surface area contributed by atoms with E-state index < -0.39 is 5.91 Å². The Morgan fingerprint density at radius 2 is 1.41 bits per heavy atom. The van der Waals surface area contributed by atoms with Crippen LogP contribution in [0.25, 0.3) is 11.3 Å². The minimum Gasteiger partial charge on any atom is -0.360 e. The standard InChI is InChI=1S/C25H20ClN3O3/c1-15-11-13-17(14-12-15)24(30)27-20-9-5-6-10-21(20)28-25(31)22-16(2)32-29-23(22)18-7-3-4-8-19(18)26/h3-14H,1-2H3,(H,27,30)(H,28,31). The van der Waals surface area contributed by atoms with E-state index in [9.17, 15) is 9.59 Å². The van der Waals surface area contributed by atoms with E-state index in [1.54, 1.807) is 61.5 Å². The van der Waals surface area contributed by atoms with E-state index in [0.29, 0.717) is 39.0 Å². The Bertz CT molecular complexity index is 1300. The molecule has 0 unspecified atom stereocenters. The van der Waals surface area contributed by atoms with Crippen molar-refractivity contribution in [1.29, 1.82) is 0 Å². The Balaban J connectivity index is 1.61. The smallest absolute Gasteiger partial charge is 0.261 e. The summed E-state index contributed by atoms with van der Waals surface area (Å²) in [7, 11) is 0. The third-order valence-corrected chi connectivity index (χ3v) is 5.29. The number of hydrogen-bond acceptors (Lipinski definition) is 4. The lowest BCUT2D eigenvalue weighted by Crippen LogP contribution is -2.17. The average molecular weight is 446 g/mol. The third-order valence-electron chi connectivity index (χ3n) is 4.96. The lowest BCUT2D eigenvalue weighted by Gasteiger charge is -2.13. The number of hydrogen-bond donors (Lipinski definition) is 2. The highest BCUT2D eigenvalue weighted by molar-refractivity contribution is 6.33. The Morgan fingerprint density at radius 1 is 0.812 bits per heavy atom. The fourth-order valence-electron chi connectivity index (χ4n) is 3.26. The third kappa shape index (κ3) is 4.40. The summed E-state index contributed by atoms with van der Waals surface area (Å²) in [5.74, 6) is -0.334. The zero-order valence-electron chi connectivity index (χ0n) is 17.5. The van der Waals surface area contributed by atoms with Crippen molar-refractivity contribution in [3.63, 3.8) is 0 Å². The molecule has 0 saturated heterocycles. The summed E-state index contributed by atoms with van der Waals surface area (Å²) in [5.41, 5.74) is 3.73. The molecule has 2 amide bonds. The number of amides is 2. The van der Waals surface area contributed by atoms with Gasteiger partial charge in [0.25, 0.3) is 11.8 Å². The van der Waals surface area contributed by atoms with Gasteiger partial charge in [-0.05, 0) is 44.2 Å². The Kier molecular flexibility index (Phi) is 6.05. The summed E-state index contributed by atoms with van der Waals surface area (Å²) in [4.78, 5) is 25.8. The second-order valence-electron chi connectivity index (χ2n) is 7.26. The first-order valence-electron chi connectivity index (χ1n) is 9.93. The van der Waals surface area contributed by atoms with Crippen molar-refractivity contribution in [1.82, 2.24) is 5.16 Å². The number of nitrogens with one attached hydrogen (secondary N) is 2. The van der Waals surface area contributed by atoms with Gasteiger partial charge >= 0.3 is 0 Å². The first kappa shape index (κ1) is 21.3. The molecule has 0 radical (unpaired) electrons. The van der Waals surface area contributed by atoms with Gasteiger partial charge in [0, 0.05) is 11.1 Å². The molecule has 7 heteroatoms. The molecule has 4 aromatic rings. The minimum atomic E-state index is -0.421. The van der Waals surface area contributed by atoms with Crippen molar-refractivity contribution in [2.45, 2.75) is 13.8 Å². The van der Waals surface area contributed by atoms with Crippen LogP contribution < -0.4 is 10.6 Å². The van der Waals surface area contributed by atoms with E-state index in [1.165, 1.54) is 0 Å². The van der Waals surface area contributed by atoms with E-state index >= 15 is 0 Å². The number of aryl methyl sites for hydroxylation is 2. The molecule has 0 bridgehead atoms. The van der Waals surface area contributed by atoms with Gasteiger partial charge in [-0.25, -0.2) is 0 Å². The predicted octanol–water partition coefficient (Wildman–Crippen LogP) is 6.12. The van der Waals surface area contributed by atoms with Crippen LogP contribution in [0.1, 0.15) is 32.0 Å². The lowest BCUT2D eigenvalue weighted by molar-refractivity contribution is 0.101. The van der Waals surface area contributed by atoms with Gasteiger partial charge in [0.15, 0.2) is 0 Å². The van der Waals surface area contributed by atoms with Crippen molar-refractivity contribution in [2.24, 2.45) is 0 Å². The van der Waals surface area contributed by atoms with Crippen molar-refractivity contribution < 1.29 is 14.1 Å². The topological polar surface area (TPSA) is 84.2 Å². The first-order chi connectivity index (χ1) is 15.4. The molecular formula is C25H20ClN3O3. The first-order valence-corrected chi connectivity index (χ1v) is 10.3. The van der Waals surface area contributed by atoms with Gasteiger partial charge < -0.3 is 15.2 Å². The maximum atomic E-state index is 13.2. The van der Waals surface area contributed by atoms with Gasteiger partial charge in [-0.1, -0.05) is 64.8 Å². The van der Waals surface area contributed by atoms with Crippen molar-refractivity contribution in [2.75, 3.05) is 10.6 Å². The maximum absolute atomic E-state index is 13.2. The van der Waals surface area contributed by atoms with Crippen molar-refractivity contribution in [3.05, 3.63) is 100 Å². The molecule has 32 heavy (non-hydrogen) atoms. The van der Waals surface area contributed by atoms with Crippen LogP contribution in [0.3, 0.4) is 0 Å². The molecule has 0 atom stereocenters. The average Bonchev–Trinajstić information content (AvgIpc) is 3.17. The van der Waals surface area contributed by atoms with Gasteiger partial charge in [-0.2, -0.15) is 0 Å². The molecule has 0 fully saturated rings. The van der Waals surface area contributed by atoms with E-state index in [1.807, 2.05) is 25.1 Å². The van der Waals surface area contributed by atoms with Crippen LogP contribution in [0.5, 0.6) is 0 Å². The van der Waals surface area contributed by atoms with Gasteiger partial charge in [0.1, 0.15) is 17.0 Å². The minimum absolute atomic E-state index is 0.274. The summed E-state index contributed by atoms with van der Waals surface area (Å²) in [5, 5.41) is 10.2. The molecule has 0 aliphatic carbocycles. The Hall–Kier alpha value is -3.90. The van der Waals surface area contributed by atoms with E-state index in [-0.39, 0.29) is 11.5 Å². The molecule has 3 aromatic carbocycles. The quantitative estimate of drug-likeness (QED) is 0.387. The highest BCUT2D eigenvalue weighted by Crippen LogP contribution is 2.32. The largest absolute Gasteiger partial charge is 0.360 e. The number of carbonyl (C=O) groups is 2. The fourth-order valence-corrected chi connectivity index (χ4v) is 3.49. The molecule has 0 saturated carbocycles. The molecule has 0 spiro atoms. The number of carbonyl (C=O) groups excluding carboxylic acids is 2. The van der Waals surface area contributed by atoms with Gasteiger partial charge in [0.2, 0.25) is 0 Å². The molecule has 6 nitrogen and oxygen atoms in total. The van der Waals surface area contributed by atoms with Crippen LogP contribution in [0.2, 0.25) is 5.02 Å². The summed E-state index contributed by atoms with van der Waals surface area (Å²) in [6.45, 7) is 3.61. The summed E-state index contributed by atoms with van der Waals surface area (Å²) in [6, 6.07) is 21.3. The fraction of sp³-hybridized carbons (Fsp3) is 0.0800. The highest BCUT2D eigenvalue weighted by Gasteiger charge is 2.24.